The fourth-order valence-electron chi connectivity index (χ4n) is 3.20. The van der Waals surface area contributed by atoms with Gasteiger partial charge < -0.3 is 5.32 Å². The molecule has 0 aliphatic rings. The lowest BCUT2D eigenvalue weighted by molar-refractivity contribution is 0.0943. The summed E-state index contributed by atoms with van der Waals surface area (Å²) in [6, 6.07) is 33.8. The van der Waals surface area contributed by atoms with E-state index < -0.39 is 0 Å². The van der Waals surface area contributed by atoms with E-state index >= 15 is 0 Å². The number of nitrogens with one attached hydrogen (secondary N) is 1. The molecule has 4 aromatic carbocycles. The molecule has 0 spiro atoms. The quantitative estimate of drug-likeness (QED) is 0.534. The standard InChI is InChI=1S/C24H19NO/c26-24(20-12-5-2-6-13-20)25-23(19-10-3-1-4-11-19)22-16-15-18-9-7-8-14-21(18)17-22/h1-17,23H,(H,25,26). The van der Waals surface area contributed by atoms with Gasteiger partial charge >= 0.3 is 0 Å². The molecule has 0 aliphatic carbocycles. The van der Waals surface area contributed by atoms with Gasteiger partial charge in [-0.3, -0.25) is 4.79 Å². The lowest BCUT2D eigenvalue weighted by atomic mass is 9.96. The number of hydrogen-bond acceptors (Lipinski definition) is 1. The molecule has 0 aromatic heterocycles. The summed E-state index contributed by atoms with van der Waals surface area (Å²) in [6.07, 6.45) is 0. The molecule has 0 bridgehead atoms. The Morgan fingerprint density at radius 2 is 1.23 bits per heavy atom. The van der Waals surface area contributed by atoms with E-state index in [-0.39, 0.29) is 11.9 Å². The molecule has 0 heterocycles. The monoisotopic (exact) mass is 337 g/mol. The van der Waals surface area contributed by atoms with Crippen LogP contribution >= 0.6 is 0 Å². The van der Waals surface area contributed by atoms with Crippen molar-refractivity contribution in [3.8, 4) is 0 Å². The van der Waals surface area contributed by atoms with Crippen LogP contribution in [0.2, 0.25) is 0 Å². The van der Waals surface area contributed by atoms with Crippen LogP contribution in [0.15, 0.2) is 103 Å². The van der Waals surface area contributed by atoms with E-state index in [2.05, 4.69) is 35.6 Å². The van der Waals surface area contributed by atoms with Crippen molar-refractivity contribution in [3.05, 3.63) is 120 Å². The minimum Gasteiger partial charge on any atom is -0.341 e. The van der Waals surface area contributed by atoms with Gasteiger partial charge in [0.1, 0.15) is 0 Å². The minimum atomic E-state index is -0.200. The number of carbonyl (C=O) groups excluding carboxylic acids is 1. The molecule has 0 radical (unpaired) electrons. The van der Waals surface area contributed by atoms with Gasteiger partial charge in [-0.25, -0.2) is 0 Å². The average molecular weight is 337 g/mol. The van der Waals surface area contributed by atoms with Crippen molar-refractivity contribution in [1.29, 1.82) is 0 Å². The van der Waals surface area contributed by atoms with Crippen molar-refractivity contribution in [2.24, 2.45) is 0 Å². The van der Waals surface area contributed by atoms with E-state index in [0.717, 1.165) is 11.1 Å². The number of fused-ring (bicyclic) bond motifs is 1. The molecule has 0 fully saturated rings. The molecule has 126 valence electrons. The lowest BCUT2D eigenvalue weighted by Gasteiger charge is -2.20. The van der Waals surface area contributed by atoms with E-state index in [1.165, 1.54) is 10.8 Å². The number of benzene rings is 4. The summed E-state index contributed by atoms with van der Waals surface area (Å²) in [6.45, 7) is 0. The molecule has 1 amide bonds. The predicted octanol–water partition coefficient (Wildman–Crippen LogP) is 5.36. The maximum Gasteiger partial charge on any atom is 0.252 e. The van der Waals surface area contributed by atoms with Gasteiger partial charge in [-0.1, -0.05) is 84.9 Å². The van der Waals surface area contributed by atoms with Crippen molar-refractivity contribution in [1.82, 2.24) is 5.32 Å². The van der Waals surface area contributed by atoms with Gasteiger partial charge in [0.15, 0.2) is 0 Å². The highest BCUT2D eigenvalue weighted by Crippen LogP contribution is 2.26. The molecular formula is C24H19NO. The molecular weight excluding hydrogens is 318 g/mol. The van der Waals surface area contributed by atoms with Gasteiger partial charge in [-0.15, -0.1) is 0 Å². The number of hydrogen-bond donors (Lipinski definition) is 1. The van der Waals surface area contributed by atoms with Crippen LogP contribution in [-0.4, -0.2) is 5.91 Å². The van der Waals surface area contributed by atoms with Crippen LogP contribution in [-0.2, 0) is 0 Å². The Morgan fingerprint density at radius 3 is 1.96 bits per heavy atom. The third-order valence-corrected chi connectivity index (χ3v) is 4.55. The number of rotatable bonds is 4. The van der Waals surface area contributed by atoms with Crippen LogP contribution in [0.4, 0.5) is 0 Å². The zero-order valence-corrected chi connectivity index (χ0v) is 14.3. The fourth-order valence-corrected chi connectivity index (χ4v) is 3.20. The third-order valence-electron chi connectivity index (χ3n) is 4.55. The summed E-state index contributed by atoms with van der Waals surface area (Å²) in [5.41, 5.74) is 2.79. The summed E-state index contributed by atoms with van der Waals surface area (Å²) < 4.78 is 0. The van der Waals surface area contributed by atoms with E-state index in [0.29, 0.717) is 5.56 Å². The van der Waals surface area contributed by atoms with E-state index in [1.807, 2.05) is 72.8 Å². The van der Waals surface area contributed by atoms with Crippen molar-refractivity contribution in [2.45, 2.75) is 6.04 Å². The smallest absolute Gasteiger partial charge is 0.252 e. The molecule has 2 heteroatoms. The van der Waals surface area contributed by atoms with Crippen LogP contribution < -0.4 is 5.32 Å². The molecule has 26 heavy (non-hydrogen) atoms. The first-order valence-electron chi connectivity index (χ1n) is 8.71. The first-order valence-corrected chi connectivity index (χ1v) is 8.71. The van der Waals surface area contributed by atoms with Gasteiger partial charge in [0.25, 0.3) is 5.91 Å². The largest absolute Gasteiger partial charge is 0.341 e. The number of carbonyl (C=O) groups is 1. The maximum absolute atomic E-state index is 12.8. The van der Waals surface area contributed by atoms with E-state index in [1.54, 1.807) is 0 Å². The first kappa shape index (κ1) is 16.1. The zero-order chi connectivity index (χ0) is 17.8. The number of amides is 1. The summed E-state index contributed by atoms with van der Waals surface area (Å²) >= 11 is 0. The predicted molar refractivity (Wildman–Crippen MR) is 106 cm³/mol. The summed E-state index contributed by atoms with van der Waals surface area (Å²) in [5.74, 6) is -0.0763. The Hall–Kier alpha value is -3.39. The molecule has 4 aromatic rings. The van der Waals surface area contributed by atoms with Gasteiger partial charge in [-0.2, -0.15) is 0 Å². The normalized spacial score (nSPS) is 11.8. The molecule has 0 saturated carbocycles. The highest BCUT2D eigenvalue weighted by molar-refractivity contribution is 5.94. The Kier molecular flexibility index (Phi) is 4.48. The Balaban J connectivity index is 1.74. The van der Waals surface area contributed by atoms with Crippen molar-refractivity contribution < 1.29 is 4.79 Å². The van der Waals surface area contributed by atoms with Crippen molar-refractivity contribution in [2.75, 3.05) is 0 Å². The second-order valence-electron chi connectivity index (χ2n) is 6.29. The zero-order valence-electron chi connectivity index (χ0n) is 14.3. The molecule has 0 aliphatic heterocycles. The van der Waals surface area contributed by atoms with Gasteiger partial charge in [0, 0.05) is 5.56 Å². The van der Waals surface area contributed by atoms with Crippen LogP contribution in [0.5, 0.6) is 0 Å². The Morgan fingerprint density at radius 1 is 0.615 bits per heavy atom. The summed E-state index contributed by atoms with van der Waals surface area (Å²) in [7, 11) is 0. The van der Waals surface area contributed by atoms with Crippen LogP contribution in [0.1, 0.15) is 27.5 Å². The Labute approximate surface area is 153 Å². The molecule has 1 atom stereocenters. The topological polar surface area (TPSA) is 29.1 Å². The highest BCUT2D eigenvalue weighted by atomic mass is 16.1. The van der Waals surface area contributed by atoms with E-state index in [4.69, 9.17) is 0 Å². The molecule has 2 nitrogen and oxygen atoms in total. The van der Waals surface area contributed by atoms with Crippen molar-refractivity contribution in [3.63, 3.8) is 0 Å². The van der Waals surface area contributed by atoms with Crippen LogP contribution in [0.3, 0.4) is 0 Å². The summed E-state index contributed by atoms with van der Waals surface area (Å²) in [4.78, 5) is 12.8. The second-order valence-corrected chi connectivity index (χ2v) is 6.29. The maximum atomic E-state index is 12.8. The second kappa shape index (κ2) is 7.24. The summed E-state index contributed by atoms with van der Waals surface area (Å²) in [5, 5.41) is 5.55. The average Bonchev–Trinajstić information content (AvgIpc) is 2.73. The van der Waals surface area contributed by atoms with Gasteiger partial charge in [0.05, 0.1) is 6.04 Å². The molecule has 4 rings (SSSR count). The van der Waals surface area contributed by atoms with Crippen molar-refractivity contribution >= 4 is 16.7 Å². The SMILES string of the molecule is O=C(NC(c1ccccc1)c1ccc2ccccc2c1)c1ccccc1. The Bertz CT molecular complexity index is 1030. The highest BCUT2D eigenvalue weighted by Gasteiger charge is 2.18. The molecule has 1 unspecified atom stereocenters. The van der Waals surface area contributed by atoms with Crippen LogP contribution in [0, 0.1) is 0 Å². The fraction of sp³-hybridized carbons (Fsp3) is 0.0417. The van der Waals surface area contributed by atoms with Crippen LogP contribution in [0.25, 0.3) is 10.8 Å². The third kappa shape index (κ3) is 3.35. The van der Waals surface area contributed by atoms with E-state index in [9.17, 15) is 4.79 Å². The molecule has 1 N–H and O–H groups in total. The van der Waals surface area contributed by atoms with Gasteiger partial charge in [-0.05, 0) is 40.1 Å². The lowest BCUT2D eigenvalue weighted by Crippen LogP contribution is -2.29. The first-order chi connectivity index (χ1) is 12.8. The molecule has 0 saturated heterocycles. The van der Waals surface area contributed by atoms with Gasteiger partial charge in [0.2, 0.25) is 0 Å². The minimum absolute atomic E-state index is 0.0763.